The van der Waals surface area contributed by atoms with E-state index in [0.717, 1.165) is 47.3 Å². The molecule has 6 rings (SSSR count). The van der Waals surface area contributed by atoms with Gasteiger partial charge < -0.3 is 14.6 Å². The molecule has 2 unspecified atom stereocenters. The second kappa shape index (κ2) is 11.0. The van der Waals surface area contributed by atoms with Crippen LogP contribution in [-0.4, -0.2) is 57.5 Å². The molecule has 4 heterocycles. The van der Waals surface area contributed by atoms with Crippen molar-refractivity contribution in [2.24, 2.45) is 5.92 Å². The first-order chi connectivity index (χ1) is 19.7. The molecule has 2 aromatic carbocycles. The number of nitrogens with zero attached hydrogens (tertiary/aromatic N) is 3. The fraction of sp³-hybridized carbons (Fsp3) is 0.333. The van der Waals surface area contributed by atoms with E-state index in [9.17, 15) is 29.3 Å². The molecule has 3 amide bonds. The van der Waals surface area contributed by atoms with Crippen LogP contribution in [0.1, 0.15) is 35.6 Å². The van der Waals surface area contributed by atoms with Crippen molar-refractivity contribution >= 4 is 63.8 Å². The van der Waals surface area contributed by atoms with E-state index in [1.807, 2.05) is 0 Å². The topological polar surface area (TPSA) is 143 Å². The molecule has 0 aliphatic carbocycles. The van der Waals surface area contributed by atoms with Crippen LogP contribution in [0.15, 0.2) is 52.3 Å². The van der Waals surface area contributed by atoms with Gasteiger partial charge in [-0.3, -0.25) is 29.3 Å². The Morgan fingerprint density at radius 3 is 2.51 bits per heavy atom. The van der Waals surface area contributed by atoms with Crippen molar-refractivity contribution in [3.05, 3.63) is 77.7 Å². The molecule has 1 aromatic heterocycles. The Kier molecular flexibility index (Phi) is 7.34. The van der Waals surface area contributed by atoms with Gasteiger partial charge in [-0.1, -0.05) is 34.7 Å². The molecule has 11 nitrogen and oxygen atoms in total. The van der Waals surface area contributed by atoms with Crippen molar-refractivity contribution in [3.63, 3.8) is 0 Å². The summed E-state index contributed by atoms with van der Waals surface area (Å²) < 4.78 is 6.03. The zero-order chi connectivity index (χ0) is 28.8. The number of rotatable bonds is 6. The third-order valence-electron chi connectivity index (χ3n) is 7.51. The summed E-state index contributed by atoms with van der Waals surface area (Å²) in [6.07, 6.45) is 2.97. The Bertz CT molecular complexity index is 1620. The number of benzene rings is 2. The fourth-order valence-electron chi connectivity index (χ4n) is 5.60. The molecule has 0 radical (unpaired) electrons. The lowest BCUT2D eigenvalue weighted by Gasteiger charge is -2.31. The zero-order valence-corrected chi connectivity index (χ0v) is 23.8. The number of thioether (sulfide) groups is 1. The Morgan fingerprint density at radius 1 is 1.07 bits per heavy atom. The summed E-state index contributed by atoms with van der Waals surface area (Å²) in [5.41, 5.74) is 0.533. The molecule has 3 atom stereocenters. The van der Waals surface area contributed by atoms with Crippen molar-refractivity contribution < 1.29 is 24.0 Å². The first kappa shape index (κ1) is 27.5. The monoisotopic (exact) mass is 614 g/mol. The molecular weight excluding hydrogens is 592 g/mol. The van der Waals surface area contributed by atoms with Crippen LogP contribution in [0.2, 0.25) is 5.02 Å². The molecule has 3 aliphatic rings. The van der Waals surface area contributed by atoms with E-state index in [4.69, 9.17) is 16.3 Å². The summed E-state index contributed by atoms with van der Waals surface area (Å²) in [6, 6.07) is 10.1. The number of aromatic nitrogens is 1. The highest BCUT2D eigenvalue weighted by Gasteiger charge is 2.57. The van der Waals surface area contributed by atoms with Gasteiger partial charge in [0.15, 0.2) is 6.61 Å². The van der Waals surface area contributed by atoms with Gasteiger partial charge in [0.25, 0.3) is 11.6 Å². The fourth-order valence-corrected chi connectivity index (χ4v) is 8.28. The number of carbonyl (C=O) groups is 3. The summed E-state index contributed by atoms with van der Waals surface area (Å²) in [6.45, 7) is 1.15. The lowest BCUT2D eigenvalue weighted by Crippen LogP contribution is -2.38. The predicted molar refractivity (Wildman–Crippen MR) is 153 cm³/mol. The van der Waals surface area contributed by atoms with E-state index in [0.29, 0.717) is 39.3 Å². The van der Waals surface area contributed by atoms with Crippen LogP contribution in [0.25, 0.3) is 0 Å². The number of ether oxygens (including phenoxy) is 1. The van der Waals surface area contributed by atoms with Crippen molar-refractivity contribution in [2.45, 2.75) is 35.5 Å². The average molecular weight is 615 g/mol. The minimum atomic E-state index is -0.916. The maximum Gasteiger partial charge on any atom is 0.305 e. The van der Waals surface area contributed by atoms with Crippen LogP contribution in [0.4, 0.5) is 11.4 Å². The van der Waals surface area contributed by atoms with Gasteiger partial charge in [-0.2, -0.15) is 0 Å². The molecule has 41 heavy (non-hydrogen) atoms. The van der Waals surface area contributed by atoms with E-state index in [-0.39, 0.29) is 28.8 Å². The number of anilines is 1. The van der Waals surface area contributed by atoms with Gasteiger partial charge in [-0.05, 0) is 49.6 Å². The van der Waals surface area contributed by atoms with Gasteiger partial charge >= 0.3 is 4.87 Å². The second-order valence-electron chi connectivity index (χ2n) is 9.95. The van der Waals surface area contributed by atoms with E-state index < -0.39 is 33.8 Å². The molecule has 212 valence electrons. The molecule has 0 bridgehead atoms. The number of hydrogen-bond donors (Lipinski definition) is 1. The molecule has 3 aromatic rings. The zero-order valence-electron chi connectivity index (χ0n) is 21.4. The Morgan fingerprint density at radius 2 is 1.80 bits per heavy atom. The number of non-ortho nitro benzene ring substituents is 1. The maximum atomic E-state index is 14.0. The lowest BCUT2D eigenvalue weighted by atomic mass is 9.82. The summed E-state index contributed by atoms with van der Waals surface area (Å²) in [7, 11) is 0. The van der Waals surface area contributed by atoms with Crippen molar-refractivity contribution in [3.8, 4) is 5.75 Å². The number of halogens is 1. The molecule has 14 heteroatoms. The molecule has 2 fully saturated rings. The highest BCUT2D eigenvalue weighted by molar-refractivity contribution is 8.00. The van der Waals surface area contributed by atoms with Gasteiger partial charge in [0.1, 0.15) is 11.0 Å². The summed E-state index contributed by atoms with van der Waals surface area (Å²) in [5.74, 6) is -2.50. The third kappa shape index (κ3) is 5.02. The minimum Gasteiger partial charge on any atom is -0.483 e. The normalized spacial score (nSPS) is 21.9. The number of nitro benzene ring substituents is 1. The average Bonchev–Trinajstić information content (AvgIpc) is 3.46. The number of thiazole rings is 1. The second-order valence-corrected chi connectivity index (χ2v) is 12.6. The van der Waals surface area contributed by atoms with Gasteiger partial charge in [-0.15, -0.1) is 0 Å². The van der Waals surface area contributed by atoms with Crippen LogP contribution >= 0.6 is 34.7 Å². The highest BCUT2D eigenvalue weighted by Crippen LogP contribution is 2.54. The number of hydrogen-bond acceptors (Lipinski definition) is 9. The molecule has 3 aliphatic heterocycles. The molecule has 0 spiro atoms. The number of piperidine rings is 1. The van der Waals surface area contributed by atoms with E-state index in [1.165, 1.54) is 24.3 Å². The smallest absolute Gasteiger partial charge is 0.305 e. The summed E-state index contributed by atoms with van der Waals surface area (Å²) in [4.78, 5) is 69.3. The first-order valence-corrected chi connectivity index (χ1v) is 15.0. The highest BCUT2D eigenvalue weighted by atomic mass is 35.5. The van der Waals surface area contributed by atoms with E-state index >= 15 is 0 Å². The maximum absolute atomic E-state index is 14.0. The van der Waals surface area contributed by atoms with Gasteiger partial charge in [0.2, 0.25) is 11.8 Å². The number of nitro groups is 1. The summed E-state index contributed by atoms with van der Waals surface area (Å²) >= 11 is 8.47. The number of likely N-dealkylation sites (tertiary alicyclic amines) is 1. The first-order valence-electron chi connectivity index (χ1n) is 12.9. The van der Waals surface area contributed by atoms with E-state index in [2.05, 4.69) is 4.98 Å². The van der Waals surface area contributed by atoms with Gasteiger partial charge in [-0.25, -0.2) is 4.90 Å². The molecule has 1 N–H and O–H groups in total. The SMILES string of the molecule is O=C(COc1ccc(Cl)cc1[C@H]1c2sc(=O)[nH]c2SC2C(=O)N(c3ccc([N+](=O)[O-])cc3)C(=O)C21)N1CCCCC1. The number of nitrogens with one attached hydrogen (secondary N) is 1. The molecule has 0 saturated carbocycles. The quantitative estimate of drug-likeness (QED) is 0.247. The van der Waals surface area contributed by atoms with Crippen molar-refractivity contribution in [2.75, 3.05) is 24.6 Å². The Hall–Kier alpha value is -3.68. The largest absolute Gasteiger partial charge is 0.483 e. The minimum absolute atomic E-state index is 0.147. The van der Waals surface area contributed by atoms with Crippen LogP contribution in [0.5, 0.6) is 5.75 Å². The Balaban J connectivity index is 1.38. The van der Waals surface area contributed by atoms with Gasteiger partial charge in [0, 0.05) is 46.6 Å². The molecule has 2 saturated heterocycles. The number of imide groups is 1. The number of amides is 3. The standard InChI is InChI=1S/C27H23ClN4O7S2/c28-14-4-9-18(39-13-19(33)30-10-2-1-3-11-30)17(12-14)20-21-23(40-24-22(20)41-27(36)29-24)26(35)31(25(21)34)15-5-7-16(8-6-15)32(37)38/h4-9,12,20-21,23H,1-3,10-11,13H2,(H,29,36)/t20-,21?,23?/m1/s1. The van der Waals surface area contributed by atoms with Crippen LogP contribution in [0.3, 0.4) is 0 Å². The Labute approximate surface area is 246 Å². The third-order valence-corrected chi connectivity index (χ3v) is 10.1. The predicted octanol–water partition coefficient (Wildman–Crippen LogP) is 4.19. The lowest BCUT2D eigenvalue weighted by molar-refractivity contribution is -0.384. The molecular formula is C27H23ClN4O7S2. The number of aromatic amines is 1. The van der Waals surface area contributed by atoms with Crippen LogP contribution in [0, 0.1) is 16.0 Å². The van der Waals surface area contributed by atoms with Crippen molar-refractivity contribution in [1.29, 1.82) is 0 Å². The van der Waals surface area contributed by atoms with E-state index in [1.54, 1.807) is 23.1 Å². The number of carbonyl (C=O) groups excluding carboxylic acids is 3. The van der Waals surface area contributed by atoms with Crippen LogP contribution in [-0.2, 0) is 14.4 Å². The number of H-pyrrole nitrogens is 1. The van der Waals surface area contributed by atoms with Crippen molar-refractivity contribution in [1.82, 2.24) is 9.88 Å². The number of fused-ring (bicyclic) bond motifs is 2. The van der Waals surface area contributed by atoms with Gasteiger partial charge in [0.05, 0.1) is 21.6 Å². The van der Waals surface area contributed by atoms with Crippen LogP contribution < -0.4 is 14.5 Å². The summed E-state index contributed by atoms with van der Waals surface area (Å²) in [5, 5.41) is 11.1.